The second kappa shape index (κ2) is 8.46. The van der Waals surface area contributed by atoms with E-state index in [4.69, 9.17) is 14.2 Å². The number of methoxy groups -OCH3 is 1. The van der Waals surface area contributed by atoms with Gasteiger partial charge in [0.2, 0.25) is 0 Å². The Kier molecular flexibility index (Phi) is 6.44. The van der Waals surface area contributed by atoms with Crippen LogP contribution in [0.25, 0.3) is 0 Å². The molecular weight excluding hydrogens is 340 g/mol. The molecule has 2 fully saturated rings. The Morgan fingerprint density at radius 1 is 1.30 bits per heavy atom. The molecule has 27 heavy (non-hydrogen) atoms. The fraction of sp³-hybridized carbons (Fsp3) is 0.773. The molecule has 0 N–H and O–H groups in total. The van der Waals surface area contributed by atoms with Crippen molar-refractivity contribution in [1.29, 1.82) is 0 Å². The molecule has 3 atom stereocenters. The number of nitrogens with zero attached hydrogens (tertiary/aromatic N) is 2. The molecule has 5 heteroatoms. The highest BCUT2D eigenvalue weighted by Crippen LogP contribution is 2.44. The summed E-state index contributed by atoms with van der Waals surface area (Å²) in [7, 11) is 3.98. The van der Waals surface area contributed by atoms with Gasteiger partial charge in [-0.15, -0.1) is 0 Å². The average Bonchev–Trinajstić information content (AvgIpc) is 3.39. The molecule has 1 aromatic rings. The lowest BCUT2D eigenvalue weighted by Crippen LogP contribution is -2.41. The molecule has 2 aliphatic rings. The predicted molar refractivity (Wildman–Crippen MR) is 107 cm³/mol. The third kappa shape index (κ3) is 5.21. The molecule has 2 heterocycles. The van der Waals surface area contributed by atoms with Gasteiger partial charge in [-0.05, 0) is 66.1 Å². The van der Waals surface area contributed by atoms with Gasteiger partial charge in [-0.3, -0.25) is 9.88 Å². The summed E-state index contributed by atoms with van der Waals surface area (Å²) in [4.78, 5) is 6.96. The fourth-order valence-corrected chi connectivity index (χ4v) is 4.25. The highest BCUT2D eigenvalue weighted by molar-refractivity contribution is 5.33. The first-order valence-corrected chi connectivity index (χ1v) is 10.3. The molecule has 5 nitrogen and oxygen atoms in total. The molecule has 1 aliphatic carbocycles. The maximum Gasteiger partial charge on any atom is 0.141 e. The molecule has 0 spiro atoms. The minimum Gasteiger partial charge on any atom is -0.486 e. The van der Waals surface area contributed by atoms with Gasteiger partial charge in [-0.2, -0.15) is 0 Å². The molecule has 1 aliphatic heterocycles. The van der Waals surface area contributed by atoms with E-state index in [0.717, 1.165) is 31.0 Å². The summed E-state index contributed by atoms with van der Waals surface area (Å²) < 4.78 is 18.3. The first-order chi connectivity index (χ1) is 12.8. The summed E-state index contributed by atoms with van der Waals surface area (Å²) in [6.07, 6.45) is 5.68. The largest absolute Gasteiger partial charge is 0.486 e. The minimum atomic E-state index is -0.296. The highest BCUT2D eigenvalue weighted by Gasteiger charge is 2.44. The molecule has 1 saturated carbocycles. The quantitative estimate of drug-likeness (QED) is 0.654. The van der Waals surface area contributed by atoms with E-state index >= 15 is 0 Å². The van der Waals surface area contributed by atoms with Gasteiger partial charge in [0.25, 0.3) is 0 Å². The second-order valence-corrected chi connectivity index (χ2v) is 9.05. The second-order valence-electron chi connectivity index (χ2n) is 9.05. The molecular formula is C22H36N2O3. The molecule has 1 saturated heterocycles. The van der Waals surface area contributed by atoms with Gasteiger partial charge in [0.1, 0.15) is 11.4 Å². The van der Waals surface area contributed by atoms with Gasteiger partial charge in [-0.1, -0.05) is 0 Å². The Morgan fingerprint density at radius 3 is 2.67 bits per heavy atom. The number of hydrogen-bond donors (Lipinski definition) is 0. The third-order valence-corrected chi connectivity index (χ3v) is 5.79. The van der Waals surface area contributed by atoms with Crippen LogP contribution >= 0.6 is 0 Å². The highest BCUT2D eigenvalue weighted by atomic mass is 16.5. The molecule has 152 valence electrons. The summed E-state index contributed by atoms with van der Waals surface area (Å²) in [5.74, 6) is 1.89. The van der Waals surface area contributed by atoms with Gasteiger partial charge in [-0.25, -0.2) is 0 Å². The van der Waals surface area contributed by atoms with Crippen LogP contribution in [0.5, 0.6) is 5.75 Å². The van der Waals surface area contributed by atoms with Crippen molar-refractivity contribution in [3.63, 3.8) is 0 Å². The molecule has 0 aromatic carbocycles. The summed E-state index contributed by atoms with van der Waals surface area (Å²) in [6.45, 7) is 10.2. The average molecular weight is 377 g/mol. The van der Waals surface area contributed by atoms with Gasteiger partial charge in [0.05, 0.1) is 24.5 Å². The number of hydrogen-bond acceptors (Lipinski definition) is 5. The Labute approximate surface area is 164 Å². The van der Waals surface area contributed by atoms with E-state index in [1.807, 2.05) is 19.4 Å². The summed E-state index contributed by atoms with van der Waals surface area (Å²) in [5.41, 5.74) is 0.826. The van der Waals surface area contributed by atoms with Crippen LogP contribution in [0.2, 0.25) is 0 Å². The summed E-state index contributed by atoms with van der Waals surface area (Å²) in [6, 6.07) is 4.38. The van der Waals surface area contributed by atoms with Gasteiger partial charge >= 0.3 is 0 Å². The molecule has 1 unspecified atom stereocenters. The first kappa shape index (κ1) is 20.6. The van der Waals surface area contributed by atoms with Crippen molar-refractivity contribution in [3.05, 3.63) is 24.0 Å². The lowest BCUT2D eigenvalue weighted by molar-refractivity contribution is -0.00528. The number of likely N-dealkylation sites (N-methyl/N-ethyl adjacent to an activating group) is 1. The Balaban J connectivity index is 1.71. The van der Waals surface area contributed by atoms with Crippen LogP contribution in [0.4, 0.5) is 0 Å². The fourth-order valence-electron chi connectivity index (χ4n) is 4.25. The van der Waals surface area contributed by atoms with Crippen molar-refractivity contribution in [3.8, 4) is 5.75 Å². The topological polar surface area (TPSA) is 43.8 Å². The maximum atomic E-state index is 6.52. The van der Waals surface area contributed by atoms with Gasteiger partial charge in [0, 0.05) is 37.7 Å². The molecule has 0 bridgehead atoms. The number of pyridine rings is 1. The van der Waals surface area contributed by atoms with E-state index in [0.29, 0.717) is 17.9 Å². The Hall–Kier alpha value is -1.17. The zero-order chi connectivity index (χ0) is 19.6. The van der Waals surface area contributed by atoms with Crippen LogP contribution in [0.15, 0.2) is 18.3 Å². The Bertz CT molecular complexity index is 615. The van der Waals surface area contributed by atoms with Crippen molar-refractivity contribution < 1.29 is 14.2 Å². The number of rotatable bonds is 9. The van der Waals surface area contributed by atoms with Crippen LogP contribution < -0.4 is 4.74 Å². The van der Waals surface area contributed by atoms with E-state index in [1.165, 1.54) is 12.8 Å². The number of ether oxygens (including phenoxy) is 3. The van der Waals surface area contributed by atoms with E-state index in [2.05, 4.69) is 50.7 Å². The summed E-state index contributed by atoms with van der Waals surface area (Å²) in [5, 5.41) is 0. The maximum absolute atomic E-state index is 6.52. The molecule has 3 rings (SSSR count). The monoisotopic (exact) mass is 376 g/mol. The lowest BCUT2D eigenvalue weighted by atomic mass is 9.86. The molecule has 1 aromatic heterocycles. The molecule has 0 radical (unpaired) electrons. The van der Waals surface area contributed by atoms with Gasteiger partial charge in [0.15, 0.2) is 0 Å². The standard InChI is InChI=1S/C22H36N2O3/c1-15(2)26-14-18-17(20(25-6)13-24(18)5)12-22(3,4)27-19-8-7-11-23-21(19)16-9-10-16/h7-8,11,15-18,20H,9-10,12-14H2,1-6H3/t17?,18-,20-/m1/s1. The SMILES string of the molecule is CO[C@@H]1CN(C)[C@H](COC(C)C)C1CC(C)(C)Oc1cccnc1C1CC1. The smallest absolute Gasteiger partial charge is 0.141 e. The summed E-state index contributed by atoms with van der Waals surface area (Å²) >= 11 is 0. The Morgan fingerprint density at radius 2 is 2.04 bits per heavy atom. The zero-order valence-corrected chi connectivity index (χ0v) is 17.8. The van der Waals surface area contributed by atoms with Crippen molar-refractivity contribution >= 4 is 0 Å². The molecule has 0 amide bonds. The predicted octanol–water partition coefficient (Wildman–Crippen LogP) is 3.88. The van der Waals surface area contributed by atoms with Crippen molar-refractivity contribution in [1.82, 2.24) is 9.88 Å². The van der Waals surface area contributed by atoms with Crippen LogP contribution in [-0.4, -0.2) is 61.0 Å². The minimum absolute atomic E-state index is 0.204. The van der Waals surface area contributed by atoms with E-state index < -0.39 is 0 Å². The van der Waals surface area contributed by atoms with E-state index in [-0.39, 0.29) is 17.8 Å². The van der Waals surface area contributed by atoms with Crippen molar-refractivity contribution in [2.75, 3.05) is 27.3 Å². The van der Waals surface area contributed by atoms with Crippen LogP contribution in [0, 0.1) is 5.92 Å². The zero-order valence-electron chi connectivity index (χ0n) is 17.8. The van der Waals surface area contributed by atoms with Crippen LogP contribution in [-0.2, 0) is 9.47 Å². The number of likely N-dealkylation sites (tertiary alicyclic amines) is 1. The normalized spacial score (nSPS) is 26.7. The first-order valence-electron chi connectivity index (χ1n) is 10.3. The van der Waals surface area contributed by atoms with Crippen molar-refractivity contribution in [2.24, 2.45) is 5.92 Å². The van der Waals surface area contributed by atoms with Crippen LogP contribution in [0.3, 0.4) is 0 Å². The van der Waals surface area contributed by atoms with E-state index in [9.17, 15) is 0 Å². The third-order valence-electron chi connectivity index (χ3n) is 5.79. The van der Waals surface area contributed by atoms with Crippen molar-refractivity contribution in [2.45, 2.75) is 76.7 Å². The van der Waals surface area contributed by atoms with Crippen LogP contribution in [0.1, 0.15) is 58.6 Å². The lowest BCUT2D eigenvalue weighted by Gasteiger charge is -2.34. The van der Waals surface area contributed by atoms with Gasteiger partial charge < -0.3 is 14.2 Å². The van der Waals surface area contributed by atoms with E-state index in [1.54, 1.807) is 0 Å². The number of aromatic nitrogens is 1.